The first-order valence-corrected chi connectivity index (χ1v) is 16.1. The Labute approximate surface area is 269 Å². The highest BCUT2D eigenvalue weighted by atomic mass is 16.5. The molecule has 0 radical (unpaired) electrons. The highest BCUT2D eigenvalue weighted by molar-refractivity contribution is 6.03. The van der Waals surface area contributed by atoms with Crippen molar-refractivity contribution >= 4 is 34.4 Å². The maximum absolute atomic E-state index is 14.8. The minimum atomic E-state index is -1.18. The number of benzene rings is 2. The Morgan fingerprint density at radius 1 is 1.04 bits per heavy atom. The van der Waals surface area contributed by atoms with Gasteiger partial charge in [-0.2, -0.15) is 0 Å². The Morgan fingerprint density at radius 2 is 1.78 bits per heavy atom. The molecule has 4 heterocycles. The molecule has 1 aromatic heterocycles. The highest BCUT2D eigenvalue weighted by Gasteiger charge is 2.79. The molecule has 3 aromatic rings. The number of unbranched alkanes of at least 4 members (excludes halogenated alkanes) is 1. The van der Waals surface area contributed by atoms with Gasteiger partial charge in [-0.05, 0) is 56.4 Å². The van der Waals surface area contributed by atoms with Crippen LogP contribution in [0.3, 0.4) is 0 Å². The summed E-state index contributed by atoms with van der Waals surface area (Å²) in [5.41, 5.74) is 0.141. The molecule has 0 saturated carbocycles. The minimum absolute atomic E-state index is 0.0265. The molecule has 3 aliphatic heterocycles. The zero-order valence-corrected chi connectivity index (χ0v) is 26.3. The Balaban J connectivity index is 1.41. The maximum atomic E-state index is 14.8. The van der Waals surface area contributed by atoms with Crippen LogP contribution in [0.1, 0.15) is 39.0 Å². The number of fused-ring (bicyclic) bond motifs is 2. The Hall–Kier alpha value is -4.35. The smallest absolute Gasteiger partial charge is 0.250 e. The zero-order chi connectivity index (χ0) is 32.5. The van der Waals surface area contributed by atoms with Gasteiger partial charge in [-0.25, -0.2) is 4.68 Å². The fraction of sp³-hybridized carbons (Fsp3) is 0.457. The van der Waals surface area contributed by atoms with Crippen molar-refractivity contribution in [3.63, 3.8) is 0 Å². The first kappa shape index (κ1) is 31.6. The van der Waals surface area contributed by atoms with Gasteiger partial charge in [0.1, 0.15) is 23.8 Å². The standard InChI is InChI=1S/C35H42N6O5/c1-4-20-38(24-41-27-17-11-10-16-26(27)36-37-41)33(45)30-35-19-18-34(6-3,46-35)28(29(35)32(44)40(30)22-12-13-23-42)31(43)39(21-5-2)25-14-8-7-9-15-25/h4-5,7-11,14-17,28-30,42H,1-2,6,12-13,18-24H2,3H3/t28-,29-,30?,34+,35?/m0/s1. The van der Waals surface area contributed by atoms with Gasteiger partial charge in [-0.1, -0.05) is 54.6 Å². The quantitative estimate of drug-likeness (QED) is 0.215. The number of nitrogens with zero attached hydrogens (tertiary/aromatic N) is 6. The summed E-state index contributed by atoms with van der Waals surface area (Å²) in [6, 6.07) is 15.9. The van der Waals surface area contributed by atoms with E-state index in [1.165, 1.54) is 0 Å². The van der Waals surface area contributed by atoms with Gasteiger partial charge >= 0.3 is 0 Å². The van der Waals surface area contributed by atoms with Crippen molar-refractivity contribution in [2.24, 2.45) is 11.8 Å². The van der Waals surface area contributed by atoms with Crippen LogP contribution >= 0.6 is 0 Å². The Kier molecular flexibility index (Phi) is 8.80. The van der Waals surface area contributed by atoms with Gasteiger partial charge in [0.15, 0.2) is 0 Å². The van der Waals surface area contributed by atoms with Gasteiger partial charge in [-0.3, -0.25) is 14.4 Å². The molecular formula is C35H42N6O5. The number of para-hydroxylation sites is 2. The number of amides is 3. The second-order valence-electron chi connectivity index (χ2n) is 12.4. The van der Waals surface area contributed by atoms with E-state index in [1.54, 1.807) is 31.5 Å². The fourth-order valence-corrected chi connectivity index (χ4v) is 7.96. The summed E-state index contributed by atoms with van der Waals surface area (Å²) in [5, 5.41) is 18.1. The second-order valence-corrected chi connectivity index (χ2v) is 12.4. The summed E-state index contributed by atoms with van der Waals surface area (Å²) in [4.78, 5) is 49.0. The van der Waals surface area contributed by atoms with Crippen LogP contribution in [0.5, 0.6) is 0 Å². The SMILES string of the molecule is C=CCN(Cn1nnc2ccccc21)C(=O)C1N(CCCCO)C(=O)[C@@H]2[C@@H](C(=O)N(CC=C)c3ccccc3)[C@@]3(CC)CCC12O3. The van der Waals surface area contributed by atoms with Gasteiger partial charge < -0.3 is 24.5 Å². The lowest BCUT2D eigenvalue weighted by Crippen LogP contribution is -2.56. The van der Waals surface area contributed by atoms with E-state index in [9.17, 15) is 19.5 Å². The molecule has 3 aliphatic rings. The molecule has 3 fully saturated rings. The van der Waals surface area contributed by atoms with Crippen molar-refractivity contribution < 1.29 is 24.2 Å². The van der Waals surface area contributed by atoms with Crippen molar-refractivity contribution in [2.45, 2.75) is 62.9 Å². The third kappa shape index (κ3) is 5.02. The molecular weight excluding hydrogens is 584 g/mol. The van der Waals surface area contributed by atoms with Crippen LogP contribution in [0.4, 0.5) is 5.69 Å². The predicted molar refractivity (Wildman–Crippen MR) is 173 cm³/mol. The van der Waals surface area contributed by atoms with E-state index < -0.39 is 29.1 Å². The monoisotopic (exact) mass is 626 g/mol. The lowest BCUT2D eigenvalue weighted by Gasteiger charge is -2.37. The van der Waals surface area contributed by atoms with Crippen LogP contribution in [0.25, 0.3) is 11.0 Å². The number of aromatic nitrogens is 3. The molecule has 1 N–H and O–H groups in total. The Bertz CT molecular complexity index is 1630. The number of aliphatic hydroxyl groups is 1. The van der Waals surface area contributed by atoms with E-state index in [0.29, 0.717) is 43.3 Å². The predicted octanol–water partition coefficient (Wildman–Crippen LogP) is 3.55. The molecule has 6 rings (SSSR count). The fourth-order valence-electron chi connectivity index (χ4n) is 7.96. The first-order chi connectivity index (χ1) is 22.4. The number of anilines is 1. The number of likely N-dealkylation sites (tertiary alicyclic amines) is 1. The number of ether oxygens (including phenoxy) is 1. The van der Waals surface area contributed by atoms with E-state index in [2.05, 4.69) is 23.5 Å². The molecule has 5 atom stereocenters. The highest BCUT2D eigenvalue weighted by Crippen LogP contribution is 2.64. The van der Waals surface area contributed by atoms with Gasteiger partial charge in [0.25, 0.3) is 0 Å². The van der Waals surface area contributed by atoms with Crippen molar-refractivity contribution in [3.8, 4) is 0 Å². The van der Waals surface area contributed by atoms with E-state index in [-0.39, 0.29) is 50.6 Å². The minimum Gasteiger partial charge on any atom is -0.396 e. The Morgan fingerprint density at radius 3 is 2.50 bits per heavy atom. The van der Waals surface area contributed by atoms with E-state index in [0.717, 1.165) is 5.52 Å². The lowest BCUT2D eigenvalue weighted by molar-refractivity contribution is -0.153. The van der Waals surface area contributed by atoms with Crippen molar-refractivity contribution in [3.05, 3.63) is 79.9 Å². The number of carbonyl (C=O) groups is 3. The average molecular weight is 627 g/mol. The molecule has 11 heteroatoms. The molecule has 242 valence electrons. The molecule has 3 amide bonds. The second kappa shape index (κ2) is 12.8. The van der Waals surface area contributed by atoms with Crippen LogP contribution in [0, 0.1) is 11.8 Å². The molecule has 1 spiro atoms. The lowest BCUT2D eigenvalue weighted by atomic mass is 9.64. The van der Waals surface area contributed by atoms with Gasteiger partial charge in [0.2, 0.25) is 17.7 Å². The summed E-state index contributed by atoms with van der Waals surface area (Å²) < 4.78 is 8.67. The van der Waals surface area contributed by atoms with Crippen LogP contribution in [-0.2, 0) is 25.8 Å². The summed E-state index contributed by atoms with van der Waals surface area (Å²) in [7, 11) is 0. The van der Waals surface area contributed by atoms with Crippen LogP contribution in [0.2, 0.25) is 0 Å². The molecule has 3 saturated heterocycles. The van der Waals surface area contributed by atoms with Gasteiger partial charge in [0.05, 0.1) is 23.0 Å². The molecule has 2 aromatic carbocycles. The average Bonchev–Trinajstić information content (AvgIpc) is 3.81. The third-order valence-corrected chi connectivity index (χ3v) is 10.0. The van der Waals surface area contributed by atoms with E-state index in [4.69, 9.17) is 4.74 Å². The van der Waals surface area contributed by atoms with Crippen LogP contribution in [0.15, 0.2) is 79.9 Å². The molecule has 2 unspecified atom stereocenters. The zero-order valence-electron chi connectivity index (χ0n) is 26.3. The molecule has 46 heavy (non-hydrogen) atoms. The van der Waals surface area contributed by atoms with Gasteiger partial charge in [0, 0.05) is 31.9 Å². The number of rotatable bonds is 14. The number of aliphatic hydroxyl groups excluding tert-OH is 1. The van der Waals surface area contributed by atoms with Crippen LogP contribution in [-0.4, -0.2) is 91.1 Å². The first-order valence-electron chi connectivity index (χ1n) is 16.1. The summed E-state index contributed by atoms with van der Waals surface area (Å²) in [5.74, 6) is -2.34. The summed E-state index contributed by atoms with van der Waals surface area (Å²) in [6.45, 7) is 10.6. The summed E-state index contributed by atoms with van der Waals surface area (Å²) in [6.07, 6.45) is 5.88. The van der Waals surface area contributed by atoms with Crippen molar-refractivity contribution in [1.29, 1.82) is 0 Å². The molecule has 0 aliphatic carbocycles. The molecule has 2 bridgehead atoms. The van der Waals surface area contributed by atoms with E-state index in [1.807, 2.05) is 61.5 Å². The van der Waals surface area contributed by atoms with Crippen molar-refractivity contribution in [2.75, 3.05) is 31.1 Å². The topological polar surface area (TPSA) is 121 Å². The maximum Gasteiger partial charge on any atom is 0.250 e. The van der Waals surface area contributed by atoms with Crippen LogP contribution < -0.4 is 4.90 Å². The number of hydrogen-bond acceptors (Lipinski definition) is 7. The molecule has 11 nitrogen and oxygen atoms in total. The van der Waals surface area contributed by atoms with E-state index >= 15 is 0 Å². The third-order valence-electron chi connectivity index (χ3n) is 10.0. The van der Waals surface area contributed by atoms with Crippen molar-refractivity contribution in [1.82, 2.24) is 24.8 Å². The normalized spacial score (nSPS) is 26.3. The largest absolute Gasteiger partial charge is 0.396 e. The van der Waals surface area contributed by atoms with Gasteiger partial charge in [-0.15, -0.1) is 18.3 Å². The number of hydrogen-bond donors (Lipinski definition) is 1. The number of carbonyl (C=O) groups excluding carboxylic acids is 3. The summed E-state index contributed by atoms with van der Waals surface area (Å²) >= 11 is 0.